The van der Waals surface area contributed by atoms with Crippen LogP contribution in [-0.4, -0.2) is 10.9 Å². The van der Waals surface area contributed by atoms with E-state index in [1.807, 2.05) is 67.6 Å². The number of pyridine rings is 1. The molecule has 0 aliphatic carbocycles. The Morgan fingerprint density at radius 3 is 2.52 bits per heavy atom. The zero-order valence-electron chi connectivity index (χ0n) is 11.9. The highest BCUT2D eigenvalue weighted by molar-refractivity contribution is 5.88. The second-order valence-corrected chi connectivity index (χ2v) is 4.49. The molecule has 0 fully saturated rings. The van der Waals surface area contributed by atoms with Crippen molar-refractivity contribution in [1.82, 2.24) is 10.3 Å². The molecule has 0 radical (unpaired) electrons. The highest BCUT2D eigenvalue weighted by Gasteiger charge is 2.16. The molecule has 1 heterocycles. The van der Waals surface area contributed by atoms with E-state index in [4.69, 9.17) is 0 Å². The van der Waals surface area contributed by atoms with Gasteiger partial charge in [0, 0.05) is 12.3 Å². The maximum absolute atomic E-state index is 12.0. The summed E-state index contributed by atoms with van der Waals surface area (Å²) in [5, 5.41) is 2.99. The van der Waals surface area contributed by atoms with Gasteiger partial charge in [0.2, 0.25) is 5.91 Å². The van der Waals surface area contributed by atoms with E-state index in [0.717, 1.165) is 11.3 Å². The molecule has 3 nitrogen and oxygen atoms in total. The molecule has 0 bridgehead atoms. The van der Waals surface area contributed by atoms with Gasteiger partial charge in [-0.25, -0.2) is 0 Å². The molecule has 0 saturated carbocycles. The summed E-state index contributed by atoms with van der Waals surface area (Å²) in [4.78, 5) is 16.4. The van der Waals surface area contributed by atoms with Crippen molar-refractivity contribution in [2.24, 2.45) is 0 Å². The third-order valence-corrected chi connectivity index (χ3v) is 2.95. The van der Waals surface area contributed by atoms with Crippen molar-refractivity contribution < 1.29 is 4.79 Å². The average Bonchev–Trinajstić information content (AvgIpc) is 2.54. The van der Waals surface area contributed by atoms with Crippen LogP contribution in [0, 0.1) is 0 Å². The molecule has 1 amide bonds. The van der Waals surface area contributed by atoms with Crippen LogP contribution in [0.5, 0.6) is 0 Å². The number of aromatic nitrogens is 1. The van der Waals surface area contributed by atoms with E-state index >= 15 is 0 Å². The van der Waals surface area contributed by atoms with Crippen molar-refractivity contribution in [2.75, 3.05) is 0 Å². The monoisotopic (exact) mass is 278 g/mol. The first-order valence-corrected chi connectivity index (χ1v) is 6.87. The van der Waals surface area contributed by atoms with Crippen molar-refractivity contribution in [2.45, 2.75) is 13.0 Å². The maximum atomic E-state index is 12.0. The van der Waals surface area contributed by atoms with E-state index in [9.17, 15) is 4.79 Å². The first kappa shape index (κ1) is 14.7. The largest absolute Gasteiger partial charge is 0.340 e. The van der Waals surface area contributed by atoms with Crippen LogP contribution in [0.2, 0.25) is 0 Å². The molecule has 1 aromatic heterocycles. The number of amides is 1. The molecular formula is C18H18N2O. The molecule has 21 heavy (non-hydrogen) atoms. The number of carbonyl (C=O) groups excluding carboxylic acids is 1. The number of hydrogen-bond donors (Lipinski definition) is 1. The van der Waals surface area contributed by atoms with Crippen molar-refractivity contribution in [1.29, 1.82) is 0 Å². The van der Waals surface area contributed by atoms with Gasteiger partial charge in [0.15, 0.2) is 0 Å². The van der Waals surface area contributed by atoms with Crippen LogP contribution < -0.4 is 5.32 Å². The summed E-state index contributed by atoms with van der Waals surface area (Å²) in [7, 11) is 0. The minimum atomic E-state index is -0.254. The van der Waals surface area contributed by atoms with Gasteiger partial charge in [0.1, 0.15) is 0 Å². The Bertz CT molecular complexity index is 579. The molecule has 1 atom stereocenters. The summed E-state index contributed by atoms with van der Waals surface area (Å²) in [6.45, 7) is 1.91. The molecule has 106 valence electrons. The highest BCUT2D eigenvalue weighted by atomic mass is 16.1. The van der Waals surface area contributed by atoms with Crippen LogP contribution in [0.15, 0.2) is 79.0 Å². The fourth-order valence-corrected chi connectivity index (χ4v) is 1.96. The van der Waals surface area contributed by atoms with Gasteiger partial charge in [0.05, 0.1) is 11.7 Å². The predicted molar refractivity (Wildman–Crippen MR) is 84.6 cm³/mol. The standard InChI is InChI=1S/C18H18N2O/c1-2-3-5-13-17(21)20-18(15-10-6-4-7-11-15)16-12-8-9-14-19-16/h2-14,18H,1H3,(H,20,21)/b3-2+,13-5+/t18-/m0/s1. The summed E-state index contributed by atoms with van der Waals surface area (Å²) in [5.41, 5.74) is 1.82. The molecule has 3 heteroatoms. The minimum absolute atomic E-state index is 0.146. The van der Waals surface area contributed by atoms with Crippen LogP contribution in [0.1, 0.15) is 24.2 Å². The third-order valence-electron chi connectivity index (χ3n) is 2.95. The lowest BCUT2D eigenvalue weighted by molar-refractivity contribution is -0.117. The number of allylic oxidation sites excluding steroid dienone is 3. The molecule has 0 aliphatic rings. The molecule has 2 aromatic rings. The number of carbonyl (C=O) groups is 1. The lowest BCUT2D eigenvalue weighted by atomic mass is 10.0. The number of benzene rings is 1. The van der Waals surface area contributed by atoms with Gasteiger partial charge in [-0.2, -0.15) is 0 Å². The van der Waals surface area contributed by atoms with E-state index in [0.29, 0.717) is 0 Å². The maximum Gasteiger partial charge on any atom is 0.244 e. The normalized spacial score (nSPS) is 12.6. The van der Waals surface area contributed by atoms with E-state index in [2.05, 4.69) is 10.3 Å². The van der Waals surface area contributed by atoms with Gasteiger partial charge in [-0.15, -0.1) is 0 Å². The van der Waals surface area contributed by atoms with Crippen molar-refractivity contribution in [3.05, 3.63) is 90.3 Å². The fourth-order valence-electron chi connectivity index (χ4n) is 1.96. The molecule has 0 saturated heterocycles. The van der Waals surface area contributed by atoms with Crippen molar-refractivity contribution in [3.63, 3.8) is 0 Å². The van der Waals surface area contributed by atoms with Crippen molar-refractivity contribution >= 4 is 5.91 Å². The Labute approximate surface area is 125 Å². The van der Waals surface area contributed by atoms with Gasteiger partial charge < -0.3 is 5.32 Å². The topological polar surface area (TPSA) is 42.0 Å². The van der Waals surface area contributed by atoms with E-state index < -0.39 is 0 Å². The summed E-state index contributed by atoms with van der Waals surface area (Å²) in [6, 6.07) is 15.2. The molecule has 0 unspecified atom stereocenters. The molecule has 0 spiro atoms. The van der Waals surface area contributed by atoms with Crippen molar-refractivity contribution in [3.8, 4) is 0 Å². The minimum Gasteiger partial charge on any atom is -0.340 e. The molecule has 0 aliphatic heterocycles. The third kappa shape index (κ3) is 4.42. The Kier molecular flexibility index (Phi) is 5.47. The average molecular weight is 278 g/mol. The number of rotatable bonds is 5. The van der Waals surface area contributed by atoms with Gasteiger partial charge in [-0.1, -0.05) is 54.6 Å². The lowest BCUT2D eigenvalue weighted by Gasteiger charge is -2.17. The van der Waals surface area contributed by atoms with Gasteiger partial charge in [-0.3, -0.25) is 9.78 Å². The van der Waals surface area contributed by atoms with Gasteiger partial charge in [-0.05, 0) is 24.6 Å². The number of nitrogens with zero attached hydrogens (tertiary/aromatic N) is 1. The second-order valence-electron chi connectivity index (χ2n) is 4.49. The Balaban J connectivity index is 2.23. The fraction of sp³-hybridized carbons (Fsp3) is 0.111. The Morgan fingerprint density at radius 2 is 1.86 bits per heavy atom. The van der Waals surface area contributed by atoms with Crippen LogP contribution in [0.3, 0.4) is 0 Å². The van der Waals surface area contributed by atoms with E-state index in [1.54, 1.807) is 12.3 Å². The number of hydrogen-bond acceptors (Lipinski definition) is 2. The summed E-state index contributed by atoms with van der Waals surface area (Å²) in [5.74, 6) is -0.146. The van der Waals surface area contributed by atoms with E-state index in [-0.39, 0.29) is 11.9 Å². The predicted octanol–water partition coefficient (Wildman–Crippen LogP) is 3.42. The molecule has 1 N–H and O–H groups in total. The quantitative estimate of drug-likeness (QED) is 0.672. The molecular weight excluding hydrogens is 260 g/mol. The van der Waals surface area contributed by atoms with Crippen LogP contribution >= 0.6 is 0 Å². The van der Waals surface area contributed by atoms with Gasteiger partial charge >= 0.3 is 0 Å². The second kappa shape index (κ2) is 7.80. The first-order valence-electron chi connectivity index (χ1n) is 6.87. The molecule has 1 aromatic carbocycles. The summed E-state index contributed by atoms with van der Waals surface area (Å²) >= 11 is 0. The van der Waals surface area contributed by atoms with Crippen LogP contribution in [0.4, 0.5) is 0 Å². The van der Waals surface area contributed by atoms with Crippen LogP contribution in [0.25, 0.3) is 0 Å². The summed E-state index contributed by atoms with van der Waals surface area (Å²) in [6.07, 6.45) is 8.65. The van der Waals surface area contributed by atoms with Crippen LogP contribution in [-0.2, 0) is 4.79 Å². The zero-order chi connectivity index (χ0) is 14.9. The molecule has 2 rings (SSSR count). The lowest BCUT2D eigenvalue weighted by Crippen LogP contribution is -2.28. The smallest absolute Gasteiger partial charge is 0.244 e. The first-order chi connectivity index (χ1) is 10.3. The van der Waals surface area contributed by atoms with Gasteiger partial charge in [0.25, 0.3) is 0 Å². The Hall–Kier alpha value is -2.68. The highest BCUT2D eigenvalue weighted by Crippen LogP contribution is 2.19. The zero-order valence-corrected chi connectivity index (χ0v) is 11.9. The SMILES string of the molecule is C/C=C/C=C/C(=O)N[C@@H](c1ccccc1)c1ccccn1. The Morgan fingerprint density at radius 1 is 1.10 bits per heavy atom. The van der Waals surface area contributed by atoms with E-state index in [1.165, 1.54) is 6.08 Å². The summed E-state index contributed by atoms with van der Waals surface area (Å²) < 4.78 is 0. The number of nitrogens with one attached hydrogen (secondary N) is 1.